The summed E-state index contributed by atoms with van der Waals surface area (Å²) in [6.45, 7) is 8.02. The molecule has 2 N–H and O–H groups in total. The third-order valence-electron chi connectivity index (χ3n) is 3.43. The third kappa shape index (κ3) is 4.61. The molecule has 6 heteroatoms. The second kappa shape index (κ2) is 7.40. The Morgan fingerprint density at radius 1 is 1.45 bits per heavy atom. The summed E-state index contributed by atoms with van der Waals surface area (Å²) in [4.78, 5) is 14.1. The van der Waals surface area contributed by atoms with Crippen LogP contribution in [-0.4, -0.2) is 59.4 Å². The zero-order valence-electron chi connectivity index (χ0n) is 12.3. The average Bonchev–Trinajstić information content (AvgIpc) is 2.90. The van der Waals surface area contributed by atoms with Crippen molar-refractivity contribution in [1.82, 2.24) is 20.4 Å². The van der Waals surface area contributed by atoms with E-state index in [1.54, 1.807) is 12.3 Å². The number of nitrogens with one attached hydrogen (secondary N) is 2. The van der Waals surface area contributed by atoms with Crippen molar-refractivity contribution in [2.75, 3.05) is 26.2 Å². The van der Waals surface area contributed by atoms with E-state index in [-0.39, 0.29) is 5.91 Å². The second-order valence-electron chi connectivity index (χ2n) is 5.45. The largest absolute Gasteiger partial charge is 0.373 e. The first kappa shape index (κ1) is 15.0. The van der Waals surface area contributed by atoms with Crippen molar-refractivity contribution in [3.63, 3.8) is 0 Å². The molecule has 2 rings (SSSR count). The molecule has 1 saturated heterocycles. The van der Waals surface area contributed by atoms with Crippen LogP contribution in [0.1, 0.15) is 37.2 Å². The predicted molar refractivity (Wildman–Crippen MR) is 76.6 cm³/mol. The molecule has 0 aliphatic carbocycles. The smallest absolute Gasteiger partial charge is 0.269 e. The monoisotopic (exact) mass is 280 g/mol. The van der Waals surface area contributed by atoms with Crippen molar-refractivity contribution in [1.29, 1.82) is 0 Å². The summed E-state index contributed by atoms with van der Waals surface area (Å²) in [5.74, 6) is -0.0869. The van der Waals surface area contributed by atoms with Crippen LogP contribution in [0.25, 0.3) is 0 Å². The highest BCUT2D eigenvalue weighted by atomic mass is 16.5. The predicted octanol–water partition coefficient (Wildman–Crippen LogP) is 1.03. The van der Waals surface area contributed by atoms with E-state index in [0.29, 0.717) is 24.4 Å². The van der Waals surface area contributed by atoms with Crippen LogP contribution < -0.4 is 5.32 Å². The van der Waals surface area contributed by atoms with Crippen molar-refractivity contribution < 1.29 is 9.53 Å². The van der Waals surface area contributed by atoms with Crippen molar-refractivity contribution in [3.05, 3.63) is 18.0 Å². The fourth-order valence-electron chi connectivity index (χ4n) is 2.61. The molecule has 1 aliphatic heterocycles. The van der Waals surface area contributed by atoms with Gasteiger partial charge in [0, 0.05) is 25.8 Å². The number of H-pyrrole nitrogens is 1. The Hall–Kier alpha value is -1.40. The molecule has 1 aliphatic rings. The highest BCUT2D eigenvalue weighted by Crippen LogP contribution is 2.11. The summed E-state index contributed by atoms with van der Waals surface area (Å²) in [5.41, 5.74) is 0.515. The van der Waals surface area contributed by atoms with Crippen molar-refractivity contribution in [2.45, 2.75) is 38.9 Å². The minimum atomic E-state index is -0.0869. The number of carbonyl (C=O) groups excluding carboxylic acids is 1. The molecule has 2 heterocycles. The molecular weight excluding hydrogens is 256 g/mol. The zero-order chi connectivity index (χ0) is 14.4. The molecule has 1 fully saturated rings. The van der Waals surface area contributed by atoms with Gasteiger partial charge < -0.3 is 10.1 Å². The van der Waals surface area contributed by atoms with Gasteiger partial charge in [-0.3, -0.25) is 14.8 Å². The van der Waals surface area contributed by atoms with Crippen LogP contribution in [0.2, 0.25) is 0 Å². The molecule has 0 bridgehead atoms. The number of hydrogen-bond acceptors (Lipinski definition) is 4. The van der Waals surface area contributed by atoms with Gasteiger partial charge in [-0.25, -0.2) is 0 Å². The Bertz CT molecular complexity index is 397. The molecule has 2 unspecified atom stereocenters. The summed E-state index contributed by atoms with van der Waals surface area (Å²) in [5, 5.41) is 9.30. The van der Waals surface area contributed by atoms with Crippen LogP contribution in [-0.2, 0) is 4.74 Å². The van der Waals surface area contributed by atoms with Crippen LogP contribution >= 0.6 is 0 Å². The Kier molecular flexibility index (Phi) is 5.55. The number of nitrogens with zero attached hydrogens (tertiary/aromatic N) is 2. The molecule has 1 aromatic rings. The van der Waals surface area contributed by atoms with E-state index in [4.69, 9.17) is 4.74 Å². The molecule has 20 heavy (non-hydrogen) atoms. The maximum Gasteiger partial charge on any atom is 0.269 e. The van der Waals surface area contributed by atoms with E-state index < -0.39 is 0 Å². The number of ether oxygens (including phenoxy) is 1. The lowest BCUT2D eigenvalue weighted by Crippen LogP contribution is -2.45. The number of unbranched alkanes of at least 4 members (excludes halogenated alkanes) is 1. The van der Waals surface area contributed by atoms with Crippen LogP contribution in [0.4, 0.5) is 0 Å². The number of morpholine rings is 1. The molecule has 0 spiro atoms. The maximum atomic E-state index is 11.6. The van der Waals surface area contributed by atoms with E-state index in [9.17, 15) is 4.79 Å². The van der Waals surface area contributed by atoms with Gasteiger partial charge in [0.15, 0.2) is 0 Å². The van der Waals surface area contributed by atoms with Gasteiger partial charge in [0.25, 0.3) is 5.91 Å². The van der Waals surface area contributed by atoms with Gasteiger partial charge in [0.2, 0.25) is 0 Å². The number of amides is 1. The second-order valence-corrected chi connectivity index (χ2v) is 5.45. The number of carbonyl (C=O) groups is 1. The Morgan fingerprint density at radius 2 is 2.20 bits per heavy atom. The minimum Gasteiger partial charge on any atom is -0.373 e. The Morgan fingerprint density at radius 3 is 2.85 bits per heavy atom. The van der Waals surface area contributed by atoms with E-state index >= 15 is 0 Å². The summed E-state index contributed by atoms with van der Waals surface area (Å²) in [7, 11) is 0. The number of aromatic amines is 1. The lowest BCUT2D eigenvalue weighted by Gasteiger charge is -2.35. The molecule has 1 aromatic heterocycles. The Balaban J connectivity index is 1.56. The molecular formula is C14H24N4O2. The van der Waals surface area contributed by atoms with Gasteiger partial charge >= 0.3 is 0 Å². The molecule has 112 valence electrons. The van der Waals surface area contributed by atoms with Crippen LogP contribution in [0.15, 0.2) is 12.3 Å². The molecule has 1 amide bonds. The summed E-state index contributed by atoms with van der Waals surface area (Å²) < 4.78 is 5.71. The van der Waals surface area contributed by atoms with Gasteiger partial charge in [0.1, 0.15) is 5.69 Å². The van der Waals surface area contributed by atoms with Crippen molar-refractivity contribution >= 4 is 5.91 Å². The fourth-order valence-corrected chi connectivity index (χ4v) is 2.61. The topological polar surface area (TPSA) is 70.2 Å². The highest BCUT2D eigenvalue weighted by molar-refractivity contribution is 5.91. The van der Waals surface area contributed by atoms with Gasteiger partial charge in [-0.2, -0.15) is 5.10 Å². The van der Waals surface area contributed by atoms with E-state index in [0.717, 1.165) is 32.5 Å². The average molecular weight is 280 g/mol. The van der Waals surface area contributed by atoms with Crippen molar-refractivity contribution in [2.24, 2.45) is 0 Å². The van der Waals surface area contributed by atoms with Gasteiger partial charge in [-0.15, -0.1) is 0 Å². The Labute approximate surface area is 119 Å². The van der Waals surface area contributed by atoms with E-state index in [1.807, 2.05) is 0 Å². The van der Waals surface area contributed by atoms with E-state index in [1.165, 1.54) is 0 Å². The summed E-state index contributed by atoms with van der Waals surface area (Å²) in [6.07, 6.45) is 4.29. The highest BCUT2D eigenvalue weighted by Gasteiger charge is 2.21. The molecule has 6 nitrogen and oxygen atoms in total. The zero-order valence-corrected chi connectivity index (χ0v) is 12.3. The fraction of sp³-hybridized carbons (Fsp3) is 0.714. The SMILES string of the molecule is CC1CN(CCCCNC(=O)c2ccn[nH]2)CC(C)O1. The first-order valence-corrected chi connectivity index (χ1v) is 7.30. The molecule has 0 saturated carbocycles. The number of aromatic nitrogens is 2. The number of hydrogen-bond donors (Lipinski definition) is 2. The first-order valence-electron chi connectivity index (χ1n) is 7.30. The molecule has 0 aromatic carbocycles. The molecule has 0 radical (unpaired) electrons. The lowest BCUT2D eigenvalue weighted by atomic mass is 10.2. The first-order chi connectivity index (χ1) is 9.65. The normalized spacial score (nSPS) is 23.7. The number of rotatable bonds is 6. The quantitative estimate of drug-likeness (QED) is 0.764. The van der Waals surface area contributed by atoms with Crippen LogP contribution in [0, 0.1) is 0 Å². The van der Waals surface area contributed by atoms with Gasteiger partial charge in [-0.05, 0) is 39.3 Å². The summed E-state index contributed by atoms with van der Waals surface area (Å²) in [6, 6.07) is 1.67. The standard InChI is InChI=1S/C14H24N4O2/c1-11-9-18(10-12(2)20-11)8-4-3-6-15-14(19)13-5-7-16-17-13/h5,7,11-12H,3-4,6,8-10H2,1-2H3,(H,15,19)(H,16,17). The molecule has 2 atom stereocenters. The van der Waals surface area contributed by atoms with Crippen LogP contribution in [0.3, 0.4) is 0 Å². The minimum absolute atomic E-state index is 0.0869. The third-order valence-corrected chi connectivity index (χ3v) is 3.43. The summed E-state index contributed by atoms with van der Waals surface area (Å²) >= 11 is 0. The lowest BCUT2D eigenvalue weighted by molar-refractivity contribution is -0.0681. The van der Waals surface area contributed by atoms with E-state index in [2.05, 4.69) is 34.3 Å². The van der Waals surface area contributed by atoms with Crippen LogP contribution in [0.5, 0.6) is 0 Å². The van der Waals surface area contributed by atoms with Gasteiger partial charge in [-0.1, -0.05) is 0 Å². The van der Waals surface area contributed by atoms with Crippen molar-refractivity contribution in [3.8, 4) is 0 Å². The van der Waals surface area contributed by atoms with Gasteiger partial charge in [0.05, 0.1) is 12.2 Å². The maximum absolute atomic E-state index is 11.6.